The summed E-state index contributed by atoms with van der Waals surface area (Å²) in [6.45, 7) is 3.69. The highest BCUT2D eigenvalue weighted by molar-refractivity contribution is 5.67. The Bertz CT molecular complexity index is 757. The second-order valence-corrected chi connectivity index (χ2v) is 6.23. The number of nitrogens with two attached hydrogens (primary N) is 1. The van der Waals surface area contributed by atoms with Crippen molar-refractivity contribution in [2.24, 2.45) is 7.05 Å². The second-order valence-electron chi connectivity index (χ2n) is 6.23. The van der Waals surface area contributed by atoms with Gasteiger partial charge in [-0.1, -0.05) is 0 Å². The van der Waals surface area contributed by atoms with E-state index < -0.39 is 0 Å². The lowest BCUT2D eigenvalue weighted by atomic mass is 10.0. The van der Waals surface area contributed by atoms with Crippen LogP contribution in [-0.2, 0) is 7.05 Å². The zero-order valence-electron chi connectivity index (χ0n) is 13.9. The van der Waals surface area contributed by atoms with Crippen molar-refractivity contribution in [3.8, 4) is 0 Å². The minimum absolute atomic E-state index is 0.0534. The van der Waals surface area contributed by atoms with Crippen LogP contribution in [0.3, 0.4) is 0 Å². The predicted molar refractivity (Wildman–Crippen MR) is 94.3 cm³/mol. The summed E-state index contributed by atoms with van der Waals surface area (Å²) in [4.78, 5) is 13.1. The first-order valence-corrected chi connectivity index (χ1v) is 8.00. The minimum Gasteiger partial charge on any atom is -0.399 e. The number of nitro benzene ring substituents is 1. The molecule has 1 aromatic heterocycles. The molecule has 2 aromatic rings. The Kier molecular flexibility index (Phi) is 4.28. The molecule has 0 amide bonds. The molecule has 0 aliphatic carbocycles. The summed E-state index contributed by atoms with van der Waals surface area (Å²) >= 11 is 0. The monoisotopic (exact) mass is 330 g/mol. The first kappa shape index (κ1) is 16.1. The molecule has 1 aromatic carbocycles. The molecule has 0 saturated carbocycles. The van der Waals surface area contributed by atoms with Crippen LogP contribution >= 0.6 is 0 Å². The Hall–Kier alpha value is -2.77. The van der Waals surface area contributed by atoms with Crippen LogP contribution in [0.5, 0.6) is 0 Å². The van der Waals surface area contributed by atoms with Crippen molar-refractivity contribution in [3.63, 3.8) is 0 Å². The maximum absolute atomic E-state index is 11.2. The van der Waals surface area contributed by atoms with Crippen LogP contribution in [0, 0.1) is 17.0 Å². The van der Waals surface area contributed by atoms with Crippen molar-refractivity contribution in [2.75, 3.05) is 29.0 Å². The van der Waals surface area contributed by atoms with Crippen LogP contribution < -0.4 is 16.0 Å². The third-order valence-electron chi connectivity index (χ3n) is 4.30. The van der Waals surface area contributed by atoms with Gasteiger partial charge in [0.15, 0.2) is 0 Å². The molecule has 8 heteroatoms. The SMILES string of the molecule is Cc1cc(N2CCC[C@H](Nc3cc(N)ccc3[N+](=O)[O-])C2)n(C)n1. The third-order valence-corrected chi connectivity index (χ3v) is 4.30. The molecule has 0 bridgehead atoms. The number of nitro groups is 1. The molecule has 0 spiro atoms. The fraction of sp³-hybridized carbons (Fsp3) is 0.438. The van der Waals surface area contributed by atoms with E-state index in [9.17, 15) is 10.1 Å². The van der Waals surface area contributed by atoms with E-state index in [1.54, 1.807) is 12.1 Å². The summed E-state index contributed by atoms with van der Waals surface area (Å²) in [5.41, 5.74) is 7.81. The van der Waals surface area contributed by atoms with Gasteiger partial charge in [0, 0.05) is 44.0 Å². The van der Waals surface area contributed by atoms with Crippen molar-refractivity contribution in [3.05, 3.63) is 40.1 Å². The Morgan fingerprint density at radius 2 is 2.21 bits per heavy atom. The first-order valence-electron chi connectivity index (χ1n) is 8.00. The van der Waals surface area contributed by atoms with Gasteiger partial charge >= 0.3 is 0 Å². The topological polar surface area (TPSA) is 102 Å². The third kappa shape index (κ3) is 3.27. The van der Waals surface area contributed by atoms with E-state index in [1.807, 2.05) is 18.7 Å². The molecule has 1 aliphatic rings. The second kappa shape index (κ2) is 6.38. The summed E-state index contributed by atoms with van der Waals surface area (Å²) in [5.74, 6) is 1.07. The number of nitrogens with one attached hydrogen (secondary N) is 1. The zero-order chi connectivity index (χ0) is 17.3. The zero-order valence-corrected chi connectivity index (χ0v) is 13.9. The van der Waals surface area contributed by atoms with Gasteiger partial charge in [-0.05, 0) is 31.9 Å². The normalized spacial score (nSPS) is 17.8. The van der Waals surface area contributed by atoms with Crippen LogP contribution in [-0.4, -0.2) is 33.8 Å². The molecule has 8 nitrogen and oxygen atoms in total. The highest BCUT2D eigenvalue weighted by atomic mass is 16.6. The van der Waals surface area contributed by atoms with Crippen molar-refractivity contribution >= 4 is 22.9 Å². The molecular formula is C16H22N6O2. The van der Waals surface area contributed by atoms with Gasteiger partial charge in [-0.3, -0.25) is 14.8 Å². The Morgan fingerprint density at radius 1 is 1.42 bits per heavy atom. The summed E-state index contributed by atoms with van der Waals surface area (Å²) < 4.78 is 1.88. The quantitative estimate of drug-likeness (QED) is 0.506. The molecule has 3 rings (SSSR count). The van der Waals surface area contributed by atoms with Crippen molar-refractivity contribution < 1.29 is 4.92 Å². The van der Waals surface area contributed by atoms with Crippen LogP contribution in [0.25, 0.3) is 0 Å². The van der Waals surface area contributed by atoms with Gasteiger partial charge < -0.3 is 16.0 Å². The number of nitrogens with zero attached hydrogens (tertiary/aromatic N) is 4. The molecule has 1 saturated heterocycles. The predicted octanol–water partition coefficient (Wildman–Crippen LogP) is 2.30. The molecule has 3 N–H and O–H groups in total. The van der Waals surface area contributed by atoms with Crippen LogP contribution in [0.2, 0.25) is 0 Å². The fourth-order valence-electron chi connectivity index (χ4n) is 3.24. The van der Waals surface area contributed by atoms with Crippen molar-refractivity contribution in [1.82, 2.24) is 9.78 Å². The molecule has 0 unspecified atom stereocenters. The van der Waals surface area contributed by atoms with Crippen LogP contribution in [0.4, 0.5) is 22.9 Å². The number of benzene rings is 1. The molecule has 1 atom stereocenters. The minimum atomic E-state index is -0.382. The maximum Gasteiger partial charge on any atom is 0.292 e. The number of rotatable bonds is 4. The van der Waals surface area contributed by atoms with E-state index in [0.29, 0.717) is 11.4 Å². The number of piperidine rings is 1. The lowest BCUT2D eigenvalue weighted by molar-refractivity contribution is -0.384. The Labute approximate surface area is 140 Å². The maximum atomic E-state index is 11.2. The van der Waals surface area contributed by atoms with Crippen molar-refractivity contribution in [2.45, 2.75) is 25.8 Å². The van der Waals surface area contributed by atoms with E-state index in [4.69, 9.17) is 5.73 Å². The van der Waals surface area contributed by atoms with E-state index in [0.717, 1.165) is 37.4 Å². The molecular weight excluding hydrogens is 308 g/mol. The molecule has 1 aliphatic heterocycles. The van der Waals surface area contributed by atoms with Gasteiger partial charge in [0.25, 0.3) is 5.69 Å². The Balaban J connectivity index is 1.78. The largest absolute Gasteiger partial charge is 0.399 e. The average Bonchev–Trinajstić information content (AvgIpc) is 2.86. The van der Waals surface area contributed by atoms with E-state index >= 15 is 0 Å². The lowest BCUT2D eigenvalue weighted by Gasteiger charge is -2.34. The van der Waals surface area contributed by atoms with Crippen LogP contribution in [0.1, 0.15) is 18.5 Å². The molecule has 1 fully saturated rings. The van der Waals surface area contributed by atoms with E-state index in [1.165, 1.54) is 6.07 Å². The molecule has 2 heterocycles. The number of aryl methyl sites for hydroxylation is 2. The average molecular weight is 330 g/mol. The van der Waals surface area contributed by atoms with E-state index in [-0.39, 0.29) is 16.7 Å². The lowest BCUT2D eigenvalue weighted by Crippen LogP contribution is -2.43. The van der Waals surface area contributed by atoms with Gasteiger partial charge in [-0.25, -0.2) is 0 Å². The van der Waals surface area contributed by atoms with Gasteiger partial charge in [0.2, 0.25) is 0 Å². The smallest absolute Gasteiger partial charge is 0.292 e. The molecule has 128 valence electrons. The highest BCUT2D eigenvalue weighted by Crippen LogP contribution is 2.29. The number of anilines is 3. The van der Waals surface area contributed by atoms with Gasteiger partial charge in [-0.15, -0.1) is 0 Å². The van der Waals surface area contributed by atoms with Crippen molar-refractivity contribution in [1.29, 1.82) is 0 Å². The number of aromatic nitrogens is 2. The highest BCUT2D eigenvalue weighted by Gasteiger charge is 2.24. The first-order chi connectivity index (χ1) is 11.4. The van der Waals surface area contributed by atoms with Crippen LogP contribution in [0.15, 0.2) is 24.3 Å². The fourth-order valence-corrected chi connectivity index (χ4v) is 3.24. The summed E-state index contributed by atoms with van der Waals surface area (Å²) in [5, 5.41) is 18.9. The standard InChI is InChI=1S/C16H22N6O2/c1-11-8-16(20(2)19-11)21-7-3-4-13(10-21)18-14-9-12(17)5-6-15(14)22(23)24/h5-6,8-9,13,18H,3-4,7,10,17H2,1-2H3/t13-/m0/s1. The van der Waals surface area contributed by atoms with E-state index in [2.05, 4.69) is 21.4 Å². The van der Waals surface area contributed by atoms with Gasteiger partial charge in [-0.2, -0.15) is 5.10 Å². The number of hydrogen-bond donors (Lipinski definition) is 2. The summed E-state index contributed by atoms with van der Waals surface area (Å²) in [7, 11) is 1.93. The summed E-state index contributed by atoms with van der Waals surface area (Å²) in [6.07, 6.45) is 1.97. The number of hydrogen-bond acceptors (Lipinski definition) is 6. The van der Waals surface area contributed by atoms with Gasteiger partial charge in [0.05, 0.1) is 10.6 Å². The van der Waals surface area contributed by atoms with Gasteiger partial charge in [0.1, 0.15) is 11.5 Å². The number of nitrogen functional groups attached to an aromatic ring is 1. The summed E-state index contributed by atoms with van der Waals surface area (Å²) in [6, 6.07) is 6.81. The molecule has 0 radical (unpaired) electrons. The Morgan fingerprint density at radius 3 is 2.88 bits per heavy atom. The molecule has 24 heavy (non-hydrogen) atoms.